The van der Waals surface area contributed by atoms with Crippen molar-refractivity contribution in [3.8, 4) is 5.88 Å². The minimum atomic E-state index is 0.581. The fourth-order valence-electron chi connectivity index (χ4n) is 2.12. The summed E-state index contributed by atoms with van der Waals surface area (Å²) < 4.78 is 5.97. The van der Waals surface area contributed by atoms with Gasteiger partial charge in [-0.05, 0) is 27.6 Å². The van der Waals surface area contributed by atoms with Crippen molar-refractivity contribution in [2.75, 3.05) is 7.11 Å². The van der Waals surface area contributed by atoms with Crippen LogP contribution in [0.25, 0.3) is 10.8 Å². The lowest BCUT2D eigenvalue weighted by Gasteiger charge is -2.06. The Morgan fingerprint density at radius 3 is 2.85 bits per heavy atom. The van der Waals surface area contributed by atoms with Gasteiger partial charge in [-0.15, -0.1) is 0 Å². The van der Waals surface area contributed by atoms with Gasteiger partial charge in [-0.3, -0.25) is 0 Å². The molecule has 20 heavy (non-hydrogen) atoms. The second-order valence-electron chi connectivity index (χ2n) is 4.39. The van der Waals surface area contributed by atoms with Crippen molar-refractivity contribution in [2.45, 2.75) is 6.42 Å². The van der Waals surface area contributed by atoms with Gasteiger partial charge in [0.1, 0.15) is 0 Å². The lowest BCUT2D eigenvalue weighted by Crippen LogP contribution is -1.98. The number of rotatable bonds is 3. The standard InChI is InChI=1S/C15H12BrN3O/c1-20-15-13(16)6-10(8-17-15)7-14-12-5-3-2-4-11(12)9-18-19-14/h2-6,8-9H,7H2,1H3. The van der Waals surface area contributed by atoms with Crippen molar-refractivity contribution in [1.82, 2.24) is 15.2 Å². The topological polar surface area (TPSA) is 47.9 Å². The number of hydrogen-bond acceptors (Lipinski definition) is 4. The van der Waals surface area contributed by atoms with E-state index >= 15 is 0 Å². The molecule has 2 aromatic heterocycles. The van der Waals surface area contributed by atoms with Gasteiger partial charge in [-0.1, -0.05) is 24.3 Å². The van der Waals surface area contributed by atoms with Gasteiger partial charge >= 0.3 is 0 Å². The summed E-state index contributed by atoms with van der Waals surface area (Å²) in [5.41, 5.74) is 2.00. The van der Waals surface area contributed by atoms with Gasteiger partial charge in [0.25, 0.3) is 0 Å². The molecule has 0 saturated carbocycles. The molecule has 0 N–H and O–H groups in total. The van der Waals surface area contributed by atoms with Gasteiger partial charge in [0, 0.05) is 23.4 Å². The van der Waals surface area contributed by atoms with E-state index in [2.05, 4.69) is 37.2 Å². The van der Waals surface area contributed by atoms with Crippen LogP contribution in [0, 0.1) is 0 Å². The molecular formula is C15H12BrN3O. The lowest BCUT2D eigenvalue weighted by atomic mass is 10.1. The maximum Gasteiger partial charge on any atom is 0.227 e. The Hall–Kier alpha value is -2.01. The van der Waals surface area contributed by atoms with Crippen LogP contribution in [0.4, 0.5) is 0 Å². The van der Waals surface area contributed by atoms with Crippen LogP contribution in [0.3, 0.4) is 0 Å². The maximum atomic E-state index is 5.13. The summed E-state index contributed by atoms with van der Waals surface area (Å²) in [5.74, 6) is 0.581. The van der Waals surface area contributed by atoms with Crippen LogP contribution >= 0.6 is 15.9 Å². The van der Waals surface area contributed by atoms with Crippen LogP contribution in [0.5, 0.6) is 5.88 Å². The SMILES string of the molecule is COc1ncc(Cc2nncc3ccccc23)cc1Br. The highest BCUT2D eigenvalue weighted by Gasteiger charge is 2.07. The highest BCUT2D eigenvalue weighted by Crippen LogP contribution is 2.24. The summed E-state index contributed by atoms with van der Waals surface area (Å²) in [6, 6.07) is 10.1. The van der Waals surface area contributed by atoms with Crippen LogP contribution < -0.4 is 4.74 Å². The average molecular weight is 330 g/mol. The van der Waals surface area contributed by atoms with Gasteiger partial charge in [0.05, 0.1) is 23.5 Å². The van der Waals surface area contributed by atoms with E-state index in [9.17, 15) is 0 Å². The number of methoxy groups -OCH3 is 1. The number of hydrogen-bond donors (Lipinski definition) is 0. The quantitative estimate of drug-likeness (QED) is 0.739. The Labute approximate surface area is 125 Å². The Balaban J connectivity index is 1.99. The molecule has 3 aromatic rings. The summed E-state index contributed by atoms with van der Waals surface area (Å²) in [6.45, 7) is 0. The molecule has 0 aliphatic carbocycles. The molecule has 0 fully saturated rings. The molecule has 2 heterocycles. The molecule has 3 rings (SSSR count). The van der Waals surface area contributed by atoms with E-state index in [-0.39, 0.29) is 0 Å². The van der Waals surface area contributed by atoms with Gasteiger partial charge in [0.15, 0.2) is 0 Å². The van der Waals surface area contributed by atoms with Crippen LogP contribution in [0.1, 0.15) is 11.3 Å². The first-order valence-electron chi connectivity index (χ1n) is 6.15. The van der Waals surface area contributed by atoms with Crippen LogP contribution in [-0.4, -0.2) is 22.3 Å². The van der Waals surface area contributed by atoms with Crippen LogP contribution in [0.2, 0.25) is 0 Å². The molecule has 0 unspecified atom stereocenters. The molecule has 5 heteroatoms. The predicted molar refractivity (Wildman–Crippen MR) is 80.8 cm³/mol. The molecule has 100 valence electrons. The molecule has 4 nitrogen and oxygen atoms in total. The molecule has 0 aliphatic heterocycles. The van der Waals surface area contributed by atoms with Gasteiger partial charge < -0.3 is 4.74 Å². The number of benzene rings is 1. The number of halogens is 1. The third kappa shape index (κ3) is 2.49. The van der Waals surface area contributed by atoms with E-state index < -0.39 is 0 Å². The van der Waals surface area contributed by atoms with Gasteiger partial charge in [-0.25, -0.2) is 4.98 Å². The second-order valence-corrected chi connectivity index (χ2v) is 5.24. The normalized spacial score (nSPS) is 10.7. The zero-order chi connectivity index (χ0) is 13.9. The number of pyridine rings is 1. The van der Waals surface area contributed by atoms with Crippen LogP contribution in [-0.2, 0) is 6.42 Å². The first-order valence-corrected chi connectivity index (χ1v) is 6.95. The molecule has 0 radical (unpaired) electrons. The highest BCUT2D eigenvalue weighted by molar-refractivity contribution is 9.10. The predicted octanol–water partition coefficient (Wildman–Crippen LogP) is 3.39. The Bertz CT molecular complexity index is 756. The Morgan fingerprint density at radius 1 is 1.20 bits per heavy atom. The first-order chi connectivity index (χ1) is 9.78. The smallest absolute Gasteiger partial charge is 0.227 e. The van der Waals surface area contributed by atoms with E-state index in [1.165, 1.54) is 0 Å². The number of aromatic nitrogens is 3. The molecular weight excluding hydrogens is 318 g/mol. The number of ether oxygens (including phenoxy) is 1. The average Bonchev–Trinajstić information content (AvgIpc) is 2.48. The molecule has 0 spiro atoms. The minimum absolute atomic E-state index is 0.581. The molecule has 0 saturated heterocycles. The van der Waals surface area contributed by atoms with E-state index in [4.69, 9.17) is 4.74 Å². The lowest BCUT2D eigenvalue weighted by molar-refractivity contribution is 0.394. The Kier molecular flexibility index (Phi) is 3.60. The van der Waals surface area contributed by atoms with E-state index in [1.54, 1.807) is 19.5 Å². The summed E-state index contributed by atoms with van der Waals surface area (Å²) >= 11 is 3.45. The third-order valence-electron chi connectivity index (χ3n) is 3.08. The zero-order valence-corrected chi connectivity index (χ0v) is 12.5. The largest absolute Gasteiger partial charge is 0.480 e. The van der Waals surface area contributed by atoms with Crippen molar-refractivity contribution in [1.29, 1.82) is 0 Å². The fraction of sp³-hybridized carbons (Fsp3) is 0.133. The van der Waals surface area contributed by atoms with Crippen molar-refractivity contribution >= 4 is 26.7 Å². The summed E-state index contributed by atoms with van der Waals surface area (Å²) in [4.78, 5) is 4.26. The second kappa shape index (κ2) is 5.54. The van der Waals surface area contributed by atoms with E-state index in [0.717, 1.165) is 26.5 Å². The van der Waals surface area contributed by atoms with Crippen molar-refractivity contribution in [2.24, 2.45) is 0 Å². The fourth-order valence-corrected chi connectivity index (χ4v) is 2.68. The van der Waals surface area contributed by atoms with E-state index in [1.807, 2.05) is 24.3 Å². The molecule has 0 aliphatic rings. The van der Waals surface area contributed by atoms with Gasteiger partial charge in [0.2, 0.25) is 5.88 Å². The Morgan fingerprint density at radius 2 is 2.05 bits per heavy atom. The summed E-state index contributed by atoms with van der Waals surface area (Å²) in [5, 5.41) is 10.5. The number of fused-ring (bicyclic) bond motifs is 1. The molecule has 0 atom stereocenters. The van der Waals surface area contributed by atoms with Crippen molar-refractivity contribution < 1.29 is 4.74 Å². The third-order valence-corrected chi connectivity index (χ3v) is 3.64. The zero-order valence-electron chi connectivity index (χ0n) is 10.9. The van der Waals surface area contributed by atoms with Crippen molar-refractivity contribution in [3.05, 3.63) is 58.5 Å². The van der Waals surface area contributed by atoms with Crippen molar-refractivity contribution in [3.63, 3.8) is 0 Å². The summed E-state index contributed by atoms with van der Waals surface area (Å²) in [7, 11) is 1.60. The highest BCUT2D eigenvalue weighted by atomic mass is 79.9. The molecule has 0 bridgehead atoms. The van der Waals surface area contributed by atoms with Crippen LogP contribution in [0.15, 0.2) is 47.2 Å². The first kappa shape index (κ1) is 13.0. The van der Waals surface area contributed by atoms with E-state index in [0.29, 0.717) is 12.3 Å². The molecule has 0 amide bonds. The van der Waals surface area contributed by atoms with Gasteiger partial charge in [-0.2, -0.15) is 10.2 Å². The monoisotopic (exact) mass is 329 g/mol. The molecule has 1 aromatic carbocycles. The maximum absolute atomic E-state index is 5.13. The number of nitrogens with zero attached hydrogens (tertiary/aromatic N) is 3. The minimum Gasteiger partial charge on any atom is -0.480 e. The summed E-state index contributed by atoms with van der Waals surface area (Å²) in [6.07, 6.45) is 4.26.